The minimum Gasteiger partial charge on any atom is -0.380 e. The molecule has 8 heteroatoms. The first kappa shape index (κ1) is 24.4. The van der Waals surface area contributed by atoms with E-state index in [0.29, 0.717) is 17.9 Å². The van der Waals surface area contributed by atoms with Crippen LogP contribution in [0.3, 0.4) is 0 Å². The second-order valence-corrected chi connectivity index (χ2v) is 14.3. The number of nitrogens with zero attached hydrogens (tertiary/aromatic N) is 2. The summed E-state index contributed by atoms with van der Waals surface area (Å²) in [5.41, 5.74) is 3.17. The molecule has 1 atom stereocenters. The van der Waals surface area contributed by atoms with Crippen LogP contribution in [0.15, 0.2) is 60.9 Å². The minimum absolute atomic E-state index is 0.143. The Morgan fingerprint density at radius 1 is 1.03 bits per heavy atom. The highest BCUT2D eigenvalue weighted by molar-refractivity contribution is 6.88. The van der Waals surface area contributed by atoms with Gasteiger partial charge in [-0.25, -0.2) is 0 Å². The van der Waals surface area contributed by atoms with E-state index in [1.165, 1.54) is 5.19 Å². The minimum atomic E-state index is -1.43. The normalized spacial score (nSPS) is 12.3. The van der Waals surface area contributed by atoms with Gasteiger partial charge in [0.15, 0.2) is 0 Å². The lowest BCUT2D eigenvalue weighted by molar-refractivity contribution is -0.126. The summed E-state index contributed by atoms with van der Waals surface area (Å²) < 4.78 is 6.81. The molecule has 1 unspecified atom stereocenters. The van der Waals surface area contributed by atoms with Crippen LogP contribution in [0.25, 0.3) is 0 Å². The zero-order valence-electron chi connectivity index (χ0n) is 19.9. The number of amides is 2. The summed E-state index contributed by atoms with van der Waals surface area (Å²) >= 11 is 0. The molecular formula is C25H32N4O3Si. The van der Waals surface area contributed by atoms with Gasteiger partial charge in [-0.05, 0) is 28.8 Å². The number of benzene rings is 2. The van der Waals surface area contributed by atoms with Crippen molar-refractivity contribution in [1.82, 2.24) is 15.1 Å². The fraction of sp³-hybridized carbons (Fsp3) is 0.320. The third-order valence-electron chi connectivity index (χ3n) is 5.33. The van der Waals surface area contributed by atoms with E-state index in [0.717, 1.165) is 11.1 Å². The Balaban J connectivity index is 1.79. The monoisotopic (exact) mass is 464 g/mol. The van der Waals surface area contributed by atoms with Crippen LogP contribution in [-0.4, -0.2) is 36.8 Å². The lowest BCUT2D eigenvalue weighted by atomic mass is 10.0. The largest absolute Gasteiger partial charge is 0.380 e. The van der Waals surface area contributed by atoms with E-state index in [2.05, 4.69) is 47.5 Å². The summed E-state index contributed by atoms with van der Waals surface area (Å²) in [4.78, 5) is 26.0. The molecule has 0 saturated carbocycles. The zero-order chi connectivity index (χ0) is 24.0. The molecule has 0 saturated heterocycles. The third-order valence-corrected chi connectivity index (χ3v) is 7.40. The van der Waals surface area contributed by atoms with E-state index in [1.807, 2.05) is 36.4 Å². The quantitative estimate of drug-likeness (QED) is 0.477. The van der Waals surface area contributed by atoms with Crippen molar-refractivity contribution in [3.05, 3.63) is 77.6 Å². The summed E-state index contributed by atoms with van der Waals surface area (Å²) in [6, 6.07) is 14.6. The van der Waals surface area contributed by atoms with Gasteiger partial charge in [0.1, 0.15) is 6.04 Å². The van der Waals surface area contributed by atoms with Gasteiger partial charge in [0, 0.05) is 26.0 Å². The SMILES string of the molecule is COCc1ccc(C(NC(=O)Cc2cnn(C)c2)C(=O)Nc2ccc([Si](C)(C)C)cc2)cc1. The number of nitrogens with one attached hydrogen (secondary N) is 2. The van der Waals surface area contributed by atoms with Gasteiger partial charge >= 0.3 is 0 Å². The summed E-state index contributed by atoms with van der Waals surface area (Å²) in [6.07, 6.45) is 3.58. The van der Waals surface area contributed by atoms with E-state index in [1.54, 1.807) is 31.2 Å². The Bertz CT molecular complexity index is 1090. The predicted octanol–water partition coefficient (Wildman–Crippen LogP) is 3.15. The Kier molecular flexibility index (Phi) is 7.83. The van der Waals surface area contributed by atoms with Crippen molar-refractivity contribution in [2.24, 2.45) is 7.05 Å². The Morgan fingerprint density at radius 2 is 1.70 bits per heavy atom. The Hall–Kier alpha value is -3.23. The zero-order valence-corrected chi connectivity index (χ0v) is 20.9. The standard InChI is InChI=1S/C25H32N4O3Si/c1-29-16-19(15-26-29)14-23(30)28-24(20-8-6-18(7-9-20)17-32-2)25(31)27-21-10-12-22(13-11-21)33(3,4)5/h6-13,15-16,24H,14,17H2,1-5H3,(H,27,31)(H,28,30). The van der Waals surface area contributed by atoms with Crippen molar-refractivity contribution in [3.63, 3.8) is 0 Å². The molecule has 7 nitrogen and oxygen atoms in total. The van der Waals surface area contributed by atoms with E-state index >= 15 is 0 Å². The molecule has 174 valence electrons. The molecule has 0 spiro atoms. The fourth-order valence-electron chi connectivity index (χ4n) is 3.50. The smallest absolute Gasteiger partial charge is 0.251 e. The van der Waals surface area contributed by atoms with Crippen LogP contribution in [0, 0.1) is 0 Å². The Labute approximate surface area is 196 Å². The van der Waals surface area contributed by atoms with Crippen LogP contribution in [0.1, 0.15) is 22.7 Å². The van der Waals surface area contributed by atoms with Crippen molar-refractivity contribution in [2.45, 2.75) is 38.7 Å². The van der Waals surface area contributed by atoms with Crippen LogP contribution in [-0.2, 0) is 34.4 Å². The predicted molar refractivity (Wildman–Crippen MR) is 133 cm³/mol. The Morgan fingerprint density at radius 3 is 2.24 bits per heavy atom. The van der Waals surface area contributed by atoms with E-state index in [-0.39, 0.29) is 18.2 Å². The number of ether oxygens (including phenoxy) is 1. The highest BCUT2D eigenvalue weighted by Gasteiger charge is 2.24. The average Bonchev–Trinajstić information content (AvgIpc) is 3.17. The number of carbonyl (C=O) groups is 2. The van der Waals surface area contributed by atoms with Crippen LogP contribution in [0.5, 0.6) is 0 Å². The number of anilines is 1. The van der Waals surface area contributed by atoms with E-state index < -0.39 is 14.1 Å². The molecule has 2 N–H and O–H groups in total. The molecule has 3 aromatic rings. The van der Waals surface area contributed by atoms with Crippen molar-refractivity contribution >= 4 is 30.8 Å². The van der Waals surface area contributed by atoms with Gasteiger partial charge in [-0.1, -0.05) is 61.2 Å². The average molecular weight is 465 g/mol. The van der Waals surface area contributed by atoms with Crippen LogP contribution in [0.2, 0.25) is 19.6 Å². The van der Waals surface area contributed by atoms with Gasteiger partial charge < -0.3 is 15.4 Å². The van der Waals surface area contributed by atoms with Crippen LogP contribution >= 0.6 is 0 Å². The number of carbonyl (C=O) groups excluding carboxylic acids is 2. The maximum atomic E-state index is 13.2. The second-order valence-electron chi connectivity index (χ2n) is 9.19. The van der Waals surface area contributed by atoms with E-state index in [4.69, 9.17) is 4.74 Å². The van der Waals surface area contributed by atoms with E-state index in [9.17, 15) is 9.59 Å². The molecule has 1 aromatic heterocycles. The molecule has 0 aliphatic rings. The van der Waals surface area contributed by atoms with Gasteiger partial charge in [-0.3, -0.25) is 14.3 Å². The molecule has 1 heterocycles. The molecule has 0 aliphatic heterocycles. The van der Waals surface area contributed by atoms with Crippen LogP contribution in [0.4, 0.5) is 5.69 Å². The van der Waals surface area contributed by atoms with Crippen molar-refractivity contribution in [3.8, 4) is 0 Å². The lowest BCUT2D eigenvalue weighted by Crippen LogP contribution is -2.38. The number of aryl methyl sites for hydroxylation is 1. The van der Waals surface area contributed by atoms with Gasteiger partial charge in [-0.2, -0.15) is 5.10 Å². The maximum absolute atomic E-state index is 13.2. The first-order valence-electron chi connectivity index (χ1n) is 10.9. The highest BCUT2D eigenvalue weighted by Crippen LogP contribution is 2.18. The number of hydrogen-bond donors (Lipinski definition) is 2. The van der Waals surface area contributed by atoms with Gasteiger partial charge in [0.05, 0.1) is 27.3 Å². The molecule has 0 bridgehead atoms. The van der Waals surface area contributed by atoms with Crippen molar-refractivity contribution < 1.29 is 14.3 Å². The van der Waals surface area contributed by atoms with Gasteiger partial charge in [0.25, 0.3) is 5.91 Å². The number of methoxy groups -OCH3 is 1. The van der Waals surface area contributed by atoms with Gasteiger partial charge in [-0.15, -0.1) is 0 Å². The lowest BCUT2D eigenvalue weighted by Gasteiger charge is -2.20. The maximum Gasteiger partial charge on any atom is 0.251 e. The first-order chi connectivity index (χ1) is 15.7. The molecule has 3 rings (SSSR count). The number of rotatable bonds is 9. The highest BCUT2D eigenvalue weighted by atomic mass is 28.3. The summed E-state index contributed by atoms with van der Waals surface area (Å²) in [7, 11) is 2.01. The summed E-state index contributed by atoms with van der Waals surface area (Å²) in [5.74, 6) is -0.548. The summed E-state index contributed by atoms with van der Waals surface area (Å²) in [6.45, 7) is 7.32. The third kappa shape index (κ3) is 6.87. The fourth-order valence-corrected chi connectivity index (χ4v) is 4.67. The second kappa shape index (κ2) is 10.6. The molecule has 2 amide bonds. The molecule has 0 fully saturated rings. The molecule has 0 radical (unpaired) electrons. The van der Waals surface area contributed by atoms with Crippen LogP contribution < -0.4 is 15.8 Å². The number of hydrogen-bond acceptors (Lipinski definition) is 4. The topological polar surface area (TPSA) is 85.2 Å². The first-order valence-corrected chi connectivity index (χ1v) is 14.4. The van der Waals surface area contributed by atoms with Crippen molar-refractivity contribution in [2.75, 3.05) is 12.4 Å². The number of aromatic nitrogens is 2. The molecular weight excluding hydrogens is 432 g/mol. The molecule has 2 aromatic carbocycles. The van der Waals surface area contributed by atoms with Crippen molar-refractivity contribution in [1.29, 1.82) is 0 Å². The molecule has 33 heavy (non-hydrogen) atoms. The molecule has 0 aliphatic carbocycles. The van der Waals surface area contributed by atoms with Gasteiger partial charge in [0.2, 0.25) is 5.91 Å². The summed E-state index contributed by atoms with van der Waals surface area (Å²) in [5, 5.41) is 11.3.